The fraction of sp³-hybridized carbons (Fsp3) is 0.0909. The molecular formula is C22H16N4O2S2. The van der Waals surface area contributed by atoms with Crippen LogP contribution < -0.4 is 5.32 Å². The van der Waals surface area contributed by atoms with E-state index in [0.717, 1.165) is 43.3 Å². The van der Waals surface area contributed by atoms with Gasteiger partial charge in [0.1, 0.15) is 20.9 Å². The second-order valence-corrected chi connectivity index (χ2v) is 8.56. The number of nitrogens with one attached hydrogen (secondary N) is 1. The molecule has 5 aromatic rings. The van der Waals surface area contributed by atoms with E-state index in [2.05, 4.69) is 20.3 Å². The second-order valence-electron chi connectivity index (χ2n) is 6.66. The van der Waals surface area contributed by atoms with Crippen molar-refractivity contribution >= 4 is 56.1 Å². The van der Waals surface area contributed by atoms with Crippen molar-refractivity contribution in [2.75, 3.05) is 11.1 Å². The number of benzene rings is 2. The Hall–Kier alpha value is -3.23. The minimum atomic E-state index is -0.109. The van der Waals surface area contributed by atoms with Crippen LogP contribution in [0.1, 0.15) is 5.56 Å². The highest BCUT2D eigenvalue weighted by molar-refractivity contribution is 7.99. The Kier molecular flexibility index (Phi) is 4.94. The molecule has 3 heterocycles. The van der Waals surface area contributed by atoms with Crippen molar-refractivity contribution in [2.45, 2.75) is 12.1 Å². The molecule has 5 rings (SSSR count). The van der Waals surface area contributed by atoms with Crippen LogP contribution in [0.15, 0.2) is 70.4 Å². The summed E-state index contributed by atoms with van der Waals surface area (Å²) in [7, 11) is 0. The van der Waals surface area contributed by atoms with Gasteiger partial charge in [-0.05, 0) is 55.0 Å². The molecule has 2 aromatic carbocycles. The summed E-state index contributed by atoms with van der Waals surface area (Å²) in [4.78, 5) is 26.7. The Balaban J connectivity index is 1.26. The van der Waals surface area contributed by atoms with Gasteiger partial charge in [-0.25, -0.2) is 15.0 Å². The minimum Gasteiger partial charge on any atom is -0.431 e. The zero-order valence-electron chi connectivity index (χ0n) is 16.0. The number of aromatic nitrogens is 3. The number of aryl methyl sites for hydroxylation is 1. The van der Waals surface area contributed by atoms with Gasteiger partial charge in [0, 0.05) is 17.4 Å². The summed E-state index contributed by atoms with van der Waals surface area (Å²) < 4.78 is 5.64. The van der Waals surface area contributed by atoms with Gasteiger partial charge >= 0.3 is 0 Å². The lowest BCUT2D eigenvalue weighted by atomic mass is 10.1. The van der Waals surface area contributed by atoms with Crippen LogP contribution in [0.5, 0.6) is 0 Å². The lowest BCUT2D eigenvalue weighted by molar-refractivity contribution is -0.113. The van der Waals surface area contributed by atoms with Crippen molar-refractivity contribution < 1.29 is 9.21 Å². The van der Waals surface area contributed by atoms with Crippen LogP contribution in [0.25, 0.3) is 32.0 Å². The fourth-order valence-electron chi connectivity index (χ4n) is 3.06. The van der Waals surface area contributed by atoms with E-state index in [9.17, 15) is 4.79 Å². The van der Waals surface area contributed by atoms with E-state index in [1.165, 1.54) is 11.8 Å². The zero-order valence-corrected chi connectivity index (χ0v) is 17.6. The van der Waals surface area contributed by atoms with E-state index in [-0.39, 0.29) is 11.7 Å². The van der Waals surface area contributed by atoms with Gasteiger partial charge in [0.15, 0.2) is 5.58 Å². The van der Waals surface area contributed by atoms with Crippen LogP contribution in [0, 0.1) is 6.92 Å². The first-order valence-corrected chi connectivity index (χ1v) is 11.1. The SMILES string of the molecule is Cc1cc(-c2nc3cccnc3s2)ccc1NC(=O)CSc1nc2ccccc2o1. The number of thioether (sulfide) groups is 1. The molecule has 1 amide bonds. The highest BCUT2D eigenvalue weighted by atomic mass is 32.2. The number of para-hydroxylation sites is 2. The number of nitrogens with zero attached hydrogens (tertiary/aromatic N) is 3. The van der Waals surface area contributed by atoms with Crippen LogP contribution in [-0.4, -0.2) is 26.6 Å². The number of anilines is 1. The Morgan fingerprint density at radius 2 is 1.97 bits per heavy atom. The summed E-state index contributed by atoms with van der Waals surface area (Å²) in [5.41, 5.74) is 5.16. The summed E-state index contributed by atoms with van der Waals surface area (Å²) in [6.07, 6.45) is 1.77. The molecule has 8 heteroatoms. The number of pyridine rings is 1. The molecule has 148 valence electrons. The number of amides is 1. The Labute approximate surface area is 180 Å². The number of oxazole rings is 1. The average Bonchev–Trinajstić information content (AvgIpc) is 3.37. The molecule has 3 aromatic heterocycles. The van der Waals surface area contributed by atoms with Gasteiger partial charge in [0.25, 0.3) is 5.22 Å². The third kappa shape index (κ3) is 3.79. The highest BCUT2D eigenvalue weighted by Gasteiger charge is 2.12. The summed E-state index contributed by atoms with van der Waals surface area (Å²) in [5.74, 6) is 0.111. The van der Waals surface area contributed by atoms with Gasteiger partial charge in [-0.2, -0.15) is 0 Å². The first-order valence-electron chi connectivity index (χ1n) is 9.26. The van der Waals surface area contributed by atoms with Gasteiger partial charge < -0.3 is 9.73 Å². The zero-order chi connectivity index (χ0) is 20.5. The second kappa shape index (κ2) is 7.89. The number of carbonyl (C=O) groups is 1. The monoisotopic (exact) mass is 432 g/mol. The molecule has 0 saturated carbocycles. The molecule has 0 unspecified atom stereocenters. The van der Waals surface area contributed by atoms with Crippen molar-refractivity contribution in [2.24, 2.45) is 0 Å². The Morgan fingerprint density at radius 1 is 1.10 bits per heavy atom. The van der Waals surface area contributed by atoms with Crippen molar-refractivity contribution in [1.82, 2.24) is 15.0 Å². The first kappa shape index (κ1) is 18.8. The summed E-state index contributed by atoms with van der Waals surface area (Å²) in [6, 6.07) is 17.3. The van der Waals surface area contributed by atoms with Crippen LogP contribution in [0.4, 0.5) is 5.69 Å². The van der Waals surface area contributed by atoms with E-state index in [0.29, 0.717) is 5.22 Å². The van der Waals surface area contributed by atoms with Crippen molar-refractivity contribution in [3.05, 3.63) is 66.4 Å². The third-order valence-electron chi connectivity index (χ3n) is 4.51. The normalized spacial score (nSPS) is 11.2. The predicted molar refractivity (Wildman–Crippen MR) is 121 cm³/mol. The molecule has 0 saturated heterocycles. The van der Waals surface area contributed by atoms with E-state index in [1.807, 2.05) is 61.5 Å². The quantitative estimate of drug-likeness (QED) is 0.367. The van der Waals surface area contributed by atoms with Gasteiger partial charge in [-0.15, -0.1) is 0 Å². The molecule has 0 radical (unpaired) electrons. The van der Waals surface area contributed by atoms with Gasteiger partial charge in [-0.3, -0.25) is 4.79 Å². The highest BCUT2D eigenvalue weighted by Crippen LogP contribution is 2.31. The number of thiazole rings is 1. The molecule has 1 N–H and O–H groups in total. The molecule has 0 aliphatic carbocycles. The van der Waals surface area contributed by atoms with E-state index in [1.54, 1.807) is 17.5 Å². The van der Waals surface area contributed by atoms with Crippen LogP contribution in [0.2, 0.25) is 0 Å². The average molecular weight is 433 g/mol. The summed E-state index contributed by atoms with van der Waals surface area (Å²) in [5, 5.41) is 4.36. The molecule has 6 nitrogen and oxygen atoms in total. The standard InChI is InChI=1S/C22H16N4O2S2/c1-13-11-14(20-25-17-6-4-10-23-21(17)30-20)8-9-15(13)24-19(27)12-29-22-26-16-5-2-3-7-18(16)28-22/h2-11H,12H2,1H3,(H,24,27). The van der Waals surface area contributed by atoms with Crippen LogP contribution in [0.3, 0.4) is 0 Å². The molecule has 0 aliphatic heterocycles. The molecule has 0 fully saturated rings. The maximum absolute atomic E-state index is 12.4. The number of rotatable bonds is 5. The molecule has 0 spiro atoms. The van der Waals surface area contributed by atoms with Gasteiger partial charge in [0.05, 0.1) is 5.75 Å². The predicted octanol–water partition coefficient (Wildman–Crippen LogP) is 5.54. The fourth-order valence-corrected chi connectivity index (χ4v) is 4.60. The van der Waals surface area contributed by atoms with E-state index >= 15 is 0 Å². The summed E-state index contributed by atoms with van der Waals surface area (Å²) >= 11 is 2.83. The Bertz CT molecular complexity index is 1310. The van der Waals surface area contributed by atoms with Crippen molar-refractivity contribution in [3.8, 4) is 10.6 Å². The number of carbonyl (C=O) groups excluding carboxylic acids is 1. The largest absolute Gasteiger partial charge is 0.431 e. The van der Waals surface area contributed by atoms with Gasteiger partial charge in [-0.1, -0.05) is 35.2 Å². The molecule has 30 heavy (non-hydrogen) atoms. The summed E-state index contributed by atoms with van der Waals surface area (Å²) in [6.45, 7) is 1.97. The van der Waals surface area contributed by atoms with Crippen LogP contribution in [-0.2, 0) is 4.79 Å². The molecular weight excluding hydrogens is 416 g/mol. The topological polar surface area (TPSA) is 80.9 Å². The molecule has 0 aliphatic rings. The number of hydrogen-bond acceptors (Lipinski definition) is 7. The van der Waals surface area contributed by atoms with Crippen molar-refractivity contribution in [3.63, 3.8) is 0 Å². The molecule has 0 bridgehead atoms. The maximum atomic E-state index is 12.4. The smallest absolute Gasteiger partial charge is 0.257 e. The lowest BCUT2D eigenvalue weighted by Gasteiger charge is -2.09. The van der Waals surface area contributed by atoms with E-state index < -0.39 is 0 Å². The third-order valence-corrected chi connectivity index (χ3v) is 6.37. The number of fused-ring (bicyclic) bond motifs is 2. The minimum absolute atomic E-state index is 0.109. The molecule has 0 atom stereocenters. The lowest BCUT2D eigenvalue weighted by Crippen LogP contribution is -2.14. The maximum Gasteiger partial charge on any atom is 0.257 e. The van der Waals surface area contributed by atoms with E-state index in [4.69, 9.17) is 4.42 Å². The van der Waals surface area contributed by atoms with Crippen molar-refractivity contribution in [1.29, 1.82) is 0 Å². The van der Waals surface area contributed by atoms with Crippen LogP contribution >= 0.6 is 23.1 Å². The first-order chi connectivity index (χ1) is 14.7. The Morgan fingerprint density at radius 3 is 2.80 bits per heavy atom. The number of hydrogen-bond donors (Lipinski definition) is 1. The van der Waals surface area contributed by atoms with Gasteiger partial charge in [0.2, 0.25) is 5.91 Å².